The Kier molecular flexibility index (Phi) is 6.15. The quantitative estimate of drug-likeness (QED) is 0.754. The van der Waals surface area contributed by atoms with E-state index in [0.717, 1.165) is 11.3 Å². The summed E-state index contributed by atoms with van der Waals surface area (Å²) >= 11 is 0.756. The van der Waals surface area contributed by atoms with E-state index in [4.69, 9.17) is 0 Å². The van der Waals surface area contributed by atoms with Gasteiger partial charge < -0.3 is 9.64 Å². The molecular weight excluding hydrogens is 305 g/mol. The number of rotatable bonds is 6. The molecular formula is C13H19F3N2O2S. The van der Waals surface area contributed by atoms with Crippen molar-refractivity contribution >= 4 is 17.3 Å². The second-order valence-electron chi connectivity index (χ2n) is 4.83. The van der Waals surface area contributed by atoms with Crippen LogP contribution >= 0.6 is 11.3 Å². The fraction of sp³-hybridized carbons (Fsp3) is 0.692. The van der Waals surface area contributed by atoms with Crippen molar-refractivity contribution in [2.75, 3.05) is 20.2 Å². The first-order valence-corrected chi connectivity index (χ1v) is 7.42. The van der Waals surface area contributed by atoms with Crippen LogP contribution in [-0.4, -0.2) is 42.1 Å². The van der Waals surface area contributed by atoms with Crippen molar-refractivity contribution in [1.29, 1.82) is 0 Å². The molecule has 0 spiro atoms. The van der Waals surface area contributed by atoms with Gasteiger partial charge in [0.05, 0.1) is 11.6 Å². The number of ether oxygens (including phenoxy) is 1. The lowest BCUT2D eigenvalue weighted by molar-refractivity contribution is -0.141. The Morgan fingerprint density at radius 2 is 2.05 bits per heavy atom. The van der Waals surface area contributed by atoms with Gasteiger partial charge in [0.1, 0.15) is 4.88 Å². The zero-order chi connectivity index (χ0) is 16.2. The standard InChI is InChI=1S/C13H19F3N2O2S/c1-5-20-12(19)10-11(13(14,15)16)17-9(21-10)6-7-18(4)8(2)3/h8H,5-7H2,1-4H3. The van der Waals surface area contributed by atoms with E-state index in [1.807, 2.05) is 25.8 Å². The summed E-state index contributed by atoms with van der Waals surface area (Å²) in [5.41, 5.74) is -1.15. The van der Waals surface area contributed by atoms with Gasteiger partial charge in [-0.25, -0.2) is 9.78 Å². The molecule has 120 valence electrons. The Bertz CT molecular complexity index is 486. The zero-order valence-corrected chi connectivity index (χ0v) is 13.3. The van der Waals surface area contributed by atoms with E-state index >= 15 is 0 Å². The topological polar surface area (TPSA) is 42.4 Å². The van der Waals surface area contributed by atoms with Gasteiger partial charge in [0.2, 0.25) is 0 Å². The van der Waals surface area contributed by atoms with Crippen LogP contribution in [0.5, 0.6) is 0 Å². The minimum atomic E-state index is -4.65. The van der Waals surface area contributed by atoms with Gasteiger partial charge in [0.25, 0.3) is 0 Å². The predicted molar refractivity (Wildman–Crippen MR) is 74.5 cm³/mol. The summed E-state index contributed by atoms with van der Waals surface area (Å²) in [6.45, 7) is 6.13. The third-order valence-corrected chi connectivity index (χ3v) is 4.06. The van der Waals surface area contributed by atoms with Crippen molar-refractivity contribution in [3.63, 3.8) is 0 Å². The normalized spacial score (nSPS) is 12.2. The number of halogens is 3. The fourth-order valence-corrected chi connectivity index (χ4v) is 2.49. The summed E-state index contributed by atoms with van der Waals surface area (Å²) in [4.78, 5) is 16.7. The van der Waals surface area contributed by atoms with E-state index in [9.17, 15) is 18.0 Å². The summed E-state index contributed by atoms with van der Waals surface area (Å²) in [6, 6.07) is 0.288. The van der Waals surface area contributed by atoms with E-state index in [-0.39, 0.29) is 17.7 Å². The van der Waals surface area contributed by atoms with Crippen molar-refractivity contribution < 1.29 is 22.7 Å². The van der Waals surface area contributed by atoms with Gasteiger partial charge in [-0.1, -0.05) is 0 Å². The lowest BCUT2D eigenvalue weighted by Gasteiger charge is -2.19. The Hall–Kier alpha value is -1.15. The molecule has 0 unspecified atom stereocenters. The number of aromatic nitrogens is 1. The highest BCUT2D eigenvalue weighted by atomic mass is 32.1. The molecule has 0 aliphatic rings. The largest absolute Gasteiger partial charge is 0.462 e. The molecule has 0 fully saturated rings. The number of hydrogen-bond donors (Lipinski definition) is 0. The molecule has 21 heavy (non-hydrogen) atoms. The van der Waals surface area contributed by atoms with Gasteiger partial charge in [-0.2, -0.15) is 13.2 Å². The Labute approximate surface area is 125 Å². The summed E-state index contributed by atoms with van der Waals surface area (Å²) < 4.78 is 43.4. The Balaban J connectivity index is 2.95. The molecule has 4 nitrogen and oxygen atoms in total. The molecule has 0 bridgehead atoms. The second-order valence-corrected chi connectivity index (χ2v) is 5.91. The molecule has 1 rings (SSSR count). The lowest BCUT2D eigenvalue weighted by atomic mass is 10.3. The first kappa shape index (κ1) is 17.9. The predicted octanol–water partition coefficient (Wildman–Crippen LogP) is 3.22. The van der Waals surface area contributed by atoms with Crippen LogP contribution in [0.3, 0.4) is 0 Å². The van der Waals surface area contributed by atoms with Gasteiger partial charge >= 0.3 is 12.1 Å². The number of esters is 1. The summed E-state index contributed by atoms with van der Waals surface area (Å²) in [6.07, 6.45) is -4.29. The van der Waals surface area contributed by atoms with Gasteiger partial charge in [-0.3, -0.25) is 0 Å². The molecule has 1 aromatic heterocycles. The third-order valence-electron chi connectivity index (χ3n) is 2.96. The zero-order valence-electron chi connectivity index (χ0n) is 12.5. The van der Waals surface area contributed by atoms with E-state index in [0.29, 0.717) is 13.0 Å². The third kappa shape index (κ3) is 4.96. The van der Waals surface area contributed by atoms with E-state index in [2.05, 4.69) is 9.72 Å². The monoisotopic (exact) mass is 324 g/mol. The smallest absolute Gasteiger partial charge is 0.435 e. The summed E-state index contributed by atoms with van der Waals surface area (Å²) in [5, 5.41) is 0.290. The maximum absolute atomic E-state index is 12.9. The van der Waals surface area contributed by atoms with Crippen molar-refractivity contribution in [1.82, 2.24) is 9.88 Å². The average Bonchev–Trinajstić information content (AvgIpc) is 2.80. The maximum Gasteiger partial charge on any atom is 0.435 e. The van der Waals surface area contributed by atoms with E-state index in [1.54, 1.807) is 6.92 Å². The minimum Gasteiger partial charge on any atom is -0.462 e. The van der Waals surface area contributed by atoms with Gasteiger partial charge in [0.15, 0.2) is 5.69 Å². The molecule has 0 radical (unpaired) electrons. The molecule has 0 atom stereocenters. The molecule has 0 amide bonds. The van der Waals surface area contributed by atoms with Crippen LogP contribution in [0.1, 0.15) is 41.1 Å². The van der Waals surface area contributed by atoms with Gasteiger partial charge in [0, 0.05) is 19.0 Å². The van der Waals surface area contributed by atoms with Crippen molar-refractivity contribution in [2.24, 2.45) is 0 Å². The molecule has 0 N–H and O–H groups in total. The molecule has 8 heteroatoms. The molecule has 0 aliphatic carbocycles. The SMILES string of the molecule is CCOC(=O)c1sc(CCN(C)C(C)C)nc1C(F)(F)F. The van der Waals surface area contributed by atoms with Gasteiger partial charge in [-0.15, -0.1) is 11.3 Å². The minimum absolute atomic E-state index is 0.0272. The molecule has 0 aliphatic heterocycles. The number of carbonyl (C=O) groups is 1. The highest BCUT2D eigenvalue weighted by Gasteiger charge is 2.40. The molecule has 0 saturated heterocycles. The first-order valence-electron chi connectivity index (χ1n) is 6.61. The van der Waals surface area contributed by atoms with Crippen molar-refractivity contribution in [2.45, 2.75) is 39.4 Å². The fourth-order valence-electron chi connectivity index (χ4n) is 1.53. The summed E-state index contributed by atoms with van der Waals surface area (Å²) in [7, 11) is 1.88. The number of alkyl halides is 3. The highest BCUT2D eigenvalue weighted by Crippen LogP contribution is 2.35. The van der Waals surface area contributed by atoms with Crippen LogP contribution < -0.4 is 0 Å². The van der Waals surface area contributed by atoms with Crippen LogP contribution in [0.15, 0.2) is 0 Å². The van der Waals surface area contributed by atoms with Crippen molar-refractivity contribution in [3.8, 4) is 0 Å². The molecule has 1 heterocycles. The molecule has 1 aromatic rings. The lowest BCUT2D eigenvalue weighted by Crippen LogP contribution is -2.28. The summed E-state index contributed by atoms with van der Waals surface area (Å²) in [5.74, 6) is -0.967. The van der Waals surface area contributed by atoms with Crippen LogP contribution in [0, 0.1) is 0 Å². The van der Waals surface area contributed by atoms with E-state index < -0.39 is 22.7 Å². The highest BCUT2D eigenvalue weighted by molar-refractivity contribution is 7.13. The number of nitrogens with zero attached hydrogens (tertiary/aromatic N) is 2. The van der Waals surface area contributed by atoms with E-state index in [1.165, 1.54) is 0 Å². The average molecular weight is 324 g/mol. The molecule has 0 aromatic carbocycles. The van der Waals surface area contributed by atoms with Crippen LogP contribution in [0.25, 0.3) is 0 Å². The number of hydrogen-bond acceptors (Lipinski definition) is 5. The second kappa shape index (κ2) is 7.22. The van der Waals surface area contributed by atoms with Crippen LogP contribution in [-0.2, 0) is 17.3 Å². The van der Waals surface area contributed by atoms with Crippen molar-refractivity contribution in [3.05, 3.63) is 15.6 Å². The first-order chi connectivity index (χ1) is 9.66. The number of carbonyl (C=O) groups excluding carboxylic acids is 1. The number of likely N-dealkylation sites (N-methyl/N-ethyl adjacent to an activating group) is 1. The maximum atomic E-state index is 12.9. The van der Waals surface area contributed by atoms with Crippen LogP contribution in [0.2, 0.25) is 0 Å². The Morgan fingerprint density at radius 3 is 2.52 bits per heavy atom. The number of thiazole rings is 1. The Morgan fingerprint density at radius 1 is 1.43 bits per heavy atom. The van der Waals surface area contributed by atoms with Gasteiger partial charge in [-0.05, 0) is 27.8 Å². The van der Waals surface area contributed by atoms with Crippen LogP contribution in [0.4, 0.5) is 13.2 Å². The molecule has 0 saturated carbocycles.